The van der Waals surface area contributed by atoms with Crippen molar-refractivity contribution in [3.05, 3.63) is 36.4 Å². The number of amides is 1. The first-order chi connectivity index (χ1) is 14.1. The maximum atomic E-state index is 13.5. The van der Waals surface area contributed by atoms with Crippen LogP contribution < -0.4 is 10.2 Å². The lowest BCUT2D eigenvalue weighted by molar-refractivity contribution is -0.132. The SMILES string of the molecule is Cn1cc(CN2C[C@@H]3N(c4ncccn4)CCC[C@]3(C(=O)NCC3CC3)C2)cn1. The number of anilines is 1. The molecule has 5 rings (SSSR count). The molecule has 29 heavy (non-hydrogen) atoms. The largest absolute Gasteiger partial charge is 0.355 e. The fourth-order valence-electron chi connectivity index (χ4n) is 5.03. The van der Waals surface area contributed by atoms with Crippen LogP contribution in [0, 0.1) is 11.3 Å². The fraction of sp³-hybridized carbons (Fsp3) is 0.619. The quantitative estimate of drug-likeness (QED) is 0.792. The minimum atomic E-state index is -0.408. The first-order valence-corrected chi connectivity index (χ1v) is 10.7. The molecule has 8 heteroatoms. The molecular formula is C21H29N7O. The van der Waals surface area contributed by atoms with Gasteiger partial charge in [-0.15, -0.1) is 0 Å². The molecule has 0 unspecified atom stereocenters. The number of hydrogen-bond acceptors (Lipinski definition) is 6. The van der Waals surface area contributed by atoms with Crippen LogP contribution in [0.1, 0.15) is 31.2 Å². The summed E-state index contributed by atoms with van der Waals surface area (Å²) in [6.45, 7) is 4.13. The highest BCUT2D eigenvalue weighted by Crippen LogP contribution is 2.44. The monoisotopic (exact) mass is 395 g/mol. The van der Waals surface area contributed by atoms with E-state index in [4.69, 9.17) is 0 Å². The van der Waals surface area contributed by atoms with Gasteiger partial charge in [-0.25, -0.2) is 9.97 Å². The third-order valence-electron chi connectivity index (χ3n) is 6.65. The van der Waals surface area contributed by atoms with Crippen molar-refractivity contribution < 1.29 is 4.79 Å². The Hall–Kier alpha value is -2.48. The van der Waals surface area contributed by atoms with Crippen molar-refractivity contribution in [2.45, 2.75) is 38.3 Å². The number of hydrogen-bond donors (Lipinski definition) is 1. The van der Waals surface area contributed by atoms with Crippen molar-refractivity contribution in [1.82, 2.24) is 30.0 Å². The summed E-state index contributed by atoms with van der Waals surface area (Å²) in [5.41, 5.74) is 0.774. The standard InChI is InChI=1S/C21H29N7O/c1-26-12-17(11-25-26)13-27-14-18-21(15-27,19(29)24-10-16-4-5-16)6-2-9-28(18)20-22-7-3-8-23-20/h3,7-8,11-12,16,18H,2,4-6,9-10,13-15H2,1H3,(H,24,29)/t18-,21-/m0/s1. The molecule has 2 aromatic heterocycles. The second kappa shape index (κ2) is 7.40. The second-order valence-electron chi connectivity index (χ2n) is 8.86. The van der Waals surface area contributed by atoms with Gasteiger partial charge >= 0.3 is 0 Å². The van der Waals surface area contributed by atoms with E-state index in [2.05, 4.69) is 36.4 Å². The number of carbonyl (C=O) groups is 1. The fourth-order valence-corrected chi connectivity index (χ4v) is 5.03. The van der Waals surface area contributed by atoms with Gasteiger partial charge in [-0.1, -0.05) is 0 Å². The van der Waals surface area contributed by atoms with Gasteiger partial charge in [0.05, 0.1) is 17.7 Å². The predicted molar refractivity (Wildman–Crippen MR) is 109 cm³/mol. The molecule has 0 spiro atoms. The van der Waals surface area contributed by atoms with Gasteiger partial charge in [-0.2, -0.15) is 5.10 Å². The predicted octanol–water partition coefficient (Wildman–Crippen LogP) is 1.21. The molecule has 2 aliphatic heterocycles. The average molecular weight is 396 g/mol. The number of carbonyl (C=O) groups excluding carboxylic acids is 1. The van der Waals surface area contributed by atoms with Crippen LogP contribution in [0.4, 0.5) is 5.95 Å². The van der Waals surface area contributed by atoms with E-state index < -0.39 is 5.41 Å². The first-order valence-electron chi connectivity index (χ1n) is 10.7. The van der Waals surface area contributed by atoms with Crippen LogP contribution in [-0.4, -0.2) is 62.8 Å². The van der Waals surface area contributed by atoms with E-state index in [1.807, 2.05) is 24.0 Å². The molecule has 0 bridgehead atoms. The second-order valence-corrected chi connectivity index (χ2v) is 8.86. The van der Waals surface area contributed by atoms with Gasteiger partial charge in [0.15, 0.2) is 0 Å². The van der Waals surface area contributed by atoms with Crippen LogP contribution in [-0.2, 0) is 18.4 Å². The van der Waals surface area contributed by atoms with Gasteiger partial charge in [0.1, 0.15) is 0 Å². The highest BCUT2D eigenvalue weighted by molar-refractivity contribution is 5.85. The van der Waals surface area contributed by atoms with Gasteiger partial charge in [0.25, 0.3) is 0 Å². The molecule has 154 valence electrons. The smallest absolute Gasteiger partial charge is 0.229 e. The molecule has 1 N–H and O–H groups in total. The lowest BCUT2D eigenvalue weighted by atomic mass is 9.74. The number of nitrogens with one attached hydrogen (secondary N) is 1. The van der Waals surface area contributed by atoms with Gasteiger partial charge in [-0.05, 0) is 37.7 Å². The number of aryl methyl sites for hydroxylation is 1. The topological polar surface area (TPSA) is 79.2 Å². The summed E-state index contributed by atoms with van der Waals surface area (Å²) in [4.78, 5) is 27.2. The molecule has 1 aliphatic carbocycles. The van der Waals surface area contributed by atoms with Gasteiger partial charge < -0.3 is 10.2 Å². The van der Waals surface area contributed by atoms with E-state index >= 15 is 0 Å². The normalized spacial score (nSPS) is 27.1. The summed E-state index contributed by atoms with van der Waals surface area (Å²) in [6.07, 6.45) is 11.9. The molecule has 1 amide bonds. The van der Waals surface area contributed by atoms with Crippen LogP contribution in [0.5, 0.6) is 0 Å². The van der Waals surface area contributed by atoms with Crippen LogP contribution in [0.3, 0.4) is 0 Å². The number of rotatable bonds is 6. The molecule has 0 aromatic carbocycles. The maximum absolute atomic E-state index is 13.5. The van der Waals surface area contributed by atoms with Crippen molar-refractivity contribution in [3.63, 3.8) is 0 Å². The molecular weight excluding hydrogens is 366 g/mol. The van der Waals surface area contributed by atoms with Crippen molar-refractivity contribution in [2.75, 3.05) is 31.1 Å². The Labute approximate surface area is 171 Å². The summed E-state index contributed by atoms with van der Waals surface area (Å²) in [5.74, 6) is 1.63. The minimum Gasteiger partial charge on any atom is -0.355 e. The Balaban J connectivity index is 1.41. The summed E-state index contributed by atoms with van der Waals surface area (Å²) in [6, 6.07) is 1.93. The third kappa shape index (κ3) is 3.61. The van der Waals surface area contributed by atoms with Crippen molar-refractivity contribution in [2.24, 2.45) is 18.4 Å². The molecule has 0 radical (unpaired) electrons. The van der Waals surface area contributed by atoms with Gasteiger partial charge in [-0.3, -0.25) is 14.4 Å². The van der Waals surface area contributed by atoms with E-state index in [9.17, 15) is 4.79 Å². The summed E-state index contributed by atoms with van der Waals surface area (Å²) in [5, 5.41) is 7.59. The highest BCUT2D eigenvalue weighted by Gasteiger charge is 2.56. The number of fused-ring (bicyclic) bond motifs is 1. The minimum absolute atomic E-state index is 0.0922. The van der Waals surface area contributed by atoms with Crippen LogP contribution in [0.25, 0.3) is 0 Å². The van der Waals surface area contributed by atoms with Gasteiger partial charge in [0.2, 0.25) is 11.9 Å². The summed E-state index contributed by atoms with van der Waals surface area (Å²) < 4.78 is 1.83. The molecule has 1 saturated carbocycles. The average Bonchev–Trinajstić information content (AvgIpc) is 3.36. The summed E-state index contributed by atoms with van der Waals surface area (Å²) in [7, 11) is 1.94. The zero-order valence-corrected chi connectivity index (χ0v) is 17.0. The van der Waals surface area contributed by atoms with Crippen LogP contribution in [0.15, 0.2) is 30.9 Å². The van der Waals surface area contributed by atoms with Gasteiger partial charge in [0, 0.05) is 63.9 Å². The van der Waals surface area contributed by atoms with E-state index in [1.165, 1.54) is 18.4 Å². The molecule has 4 heterocycles. The number of likely N-dealkylation sites (tertiary alicyclic amines) is 1. The molecule has 2 atom stereocenters. The zero-order chi connectivity index (χ0) is 19.8. The van der Waals surface area contributed by atoms with Crippen molar-refractivity contribution in [1.29, 1.82) is 0 Å². The van der Waals surface area contributed by atoms with Crippen molar-refractivity contribution >= 4 is 11.9 Å². The van der Waals surface area contributed by atoms with E-state index in [0.717, 1.165) is 51.5 Å². The molecule has 3 aliphatic rings. The number of piperidine rings is 1. The zero-order valence-electron chi connectivity index (χ0n) is 17.0. The number of nitrogens with zero attached hydrogens (tertiary/aromatic N) is 6. The summed E-state index contributed by atoms with van der Waals surface area (Å²) >= 11 is 0. The highest BCUT2D eigenvalue weighted by atomic mass is 16.2. The van der Waals surface area contributed by atoms with E-state index in [1.54, 1.807) is 12.4 Å². The van der Waals surface area contributed by atoms with E-state index in [0.29, 0.717) is 5.92 Å². The molecule has 2 aromatic rings. The lowest BCUT2D eigenvalue weighted by Gasteiger charge is -2.44. The Bertz CT molecular complexity index is 865. The van der Waals surface area contributed by atoms with E-state index in [-0.39, 0.29) is 11.9 Å². The maximum Gasteiger partial charge on any atom is 0.229 e. The number of aromatic nitrogens is 4. The van der Waals surface area contributed by atoms with Crippen molar-refractivity contribution in [3.8, 4) is 0 Å². The third-order valence-corrected chi connectivity index (χ3v) is 6.65. The van der Waals surface area contributed by atoms with Crippen LogP contribution in [0.2, 0.25) is 0 Å². The Kier molecular flexibility index (Phi) is 4.73. The Morgan fingerprint density at radius 2 is 2.14 bits per heavy atom. The molecule has 8 nitrogen and oxygen atoms in total. The lowest BCUT2D eigenvalue weighted by Crippen LogP contribution is -2.59. The van der Waals surface area contributed by atoms with Crippen LogP contribution >= 0.6 is 0 Å². The Morgan fingerprint density at radius 3 is 2.86 bits per heavy atom. The Morgan fingerprint density at radius 1 is 1.31 bits per heavy atom. The molecule has 3 fully saturated rings. The molecule has 2 saturated heterocycles. The first kappa shape index (κ1) is 18.5.